The lowest BCUT2D eigenvalue weighted by Crippen LogP contribution is -2.39. The topological polar surface area (TPSA) is 104 Å². The third-order valence-corrected chi connectivity index (χ3v) is 2.96. The molecule has 0 amide bonds. The predicted octanol–water partition coefficient (Wildman–Crippen LogP) is 0.587. The molecule has 0 saturated heterocycles. The van der Waals surface area contributed by atoms with E-state index in [0.717, 1.165) is 24.3 Å². The minimum Gasteiger partial charge on any atom is -0.369 e. The Morgan fingerprint density at radius 3 is 2.29 bits per heavy atom. The summed E-state index contributed by atoms with van der Waals surface area (Å²) in [6.45, 7) is 1.50. The van der Waals surface area contributed by atoms with Crippen molar-refractivity contribution in [3.8, 4) is 0 Å². The second-order valence-electron chi connectivity index (χ2n) is 3.95. The van der Waals surface area contributed by atoms with Crippen LogP contribution in [-0.2, 0) is 0 Å². The number of hydrazine groups is 1. The van der Waals surface area contributed by atoms with Crippen LogP contribution in [-0.4, -0.2) is 37.0 Å². The van der Waals surface area contributed by atoms with E-state index in [9.17, 15) is 0 Å². The van der Waals surface area contributed by atoms with Crippen molar-refractivity contribution in [2.75, 3.05) is 29.7 Å². The number of halogens is 2. The third kappa shape index (κ3) is 6.07. The molecule has 7 nitrogen and oxygen atoms in total. The van der Waals surface area contributed by atoms with Crippen LogP contribution in [0.3, 0.4) is 0 Å². The zero-order valence-corrected chi connectivity index (χ0v) is 13.0. The highest BCUT2D eigenvalue weighted by atomic mass is 35.5. The van der Waals surface area contributed by atoms with Crippen molar-refractivity contribution in [2.45, 2.75) is 0 Å². The molecule has 1 aromatic rings. The number of alkyl halides is 2. The van der Waals surface area contributed by atoms with Gasteiger partial charge in [0, 0.05) is 30.5 Å². The monoisotopic (exact) mass is 331 g/mol. The van der Waals surface area contributed by atoms with Crippen molar-refractivity contribution in [2.24, 2.45) is 21.9 Å². The molecule has 0 heterocycles. The molecule has 0 aliphatic carbocycles. The summed E-state index contributed by atoms with van der Waals surface area (Å²) in [5.74, 6) is 11.5. The maximum Gasteiger partial charge on any atom is 0.248 e. The summed E-state index contributed by atoms with van der Waals surface area (Å²) in [5.41, 5.74) is 6.79. The Kier molecular flexibility index (Phi) is 8.34. The summed E-state index contributed by atoms with van der Waals surface area (Å²) < 4.78 is 0. The van der Waals surface area contributed by atoms with Gasteiger partial charge in [-0.1, -0.05) is 12.1 Å². The van der Waals surface area contributed by atoms with Crippen LogP contribution in [0.25, 0.3) is 0 Å². The van der Waals surface area contributed by atoms with Gasteiger partial charge in [0.15, 0.2) is 0 Å². The van der Waals surface area contributed by atoms with Crippen LogP contribution < -0.4 is 27.4 Å². The molecule has 0 aliphatic rings. The molecule has 116 valence electrons. The first-order valence-corrected chi connectivity index (χ1v) is 7.32. The number of hydrazone groups is 2. The van der Waals surface area contributed by atoms with Crippen LogP contribution in [0.2, 0.25) is 0 Å². The van der Waals surface area contributed by atoms with Gasteiger partial charge in [0.25, 0.3) is 0 Å². The second kappa shape index (κ2) is 10.1. The Morgan fingerprint density at radius 2 is 1.81 bits per heavy atom. The van der Waals surface area contributed by atoms with Gasteiger partial charge in [0.1, 0.15) is 0 Å². The molecule has 1 aromatic carbocycles. The predicted molar refractivity (Wildman–Crippen MR) is 89.8 cm³/mol. The van der Waals surface area contributed by atoms with Crippen LogP contribution in [0.4, 0.5) is 5.69 Å². The molecule has 21 heavy (non-hydrogen) atoms. The standard InChI is InChI=1S/C12H19Cl2N7/c13-5-7-21(8-6-14)11-3-1-10(2-4-11)9-17-20-12(18-15)19-16/h1-4,9H,5-8,15-16H2,(H2,18,19,20)/b17-9+. The van der Waals surface area contributed by atoms with Gasteiger partial charge in [0.2, 0.25) is 5.96 Å². The smallest absolute Gasteiger partial charge is 0.248 e. The molecular weight excluding hydrogens is 313 g/mol. The minimum absolute atomic E-state index is 0.165. The first-order chi connectivity index (χ1) is 10.2. The Balaban J connectivity index is 2.66. The van der Waals surface area contributed by atoms with Crippen LogP contribution in [0.5, 0.6) is 0 Å². The van der Waals surface area contributed by atoms with Gasteiger partial charge in [-0.05, 0) is 17.7 Å². The van der Waals surface area contributed by atoms with Gasteiger partial charge in [-0.3, -0.25) is 5.43 Å². The summed E-state index contributed by atoms with van der Waals surface area (Å²) in [6, 6.07) is 7.84. The highest BCUT2D eigenvalue weighted by Crippen LogP contribution is 2.14. The Morgan fingerprint density at radius 1 is 1.19 bits per heavy atom. The zero-order valence-electron chi connectivity index (χ0n) is 11.5. The number of benzene rings is 1. The van der Waals surface area contributed by atoms with Gasteiger partial charge in [-0.25, -0.2) is 11.3 Å². The number of nitrogens with zero attached hydrogens (tertiary/aromatic N) is 3. The van der Waals surface area contributed by atoms with Crippen molar-refractivity contribution in [3.05, 3.63) is 29.8 Å². The fraction of sp³-hybridized carbons (Fsp3) is 0.333. The molecule has 0 atom stereocenters. The summed E-state index contributed by atoms with van der Waals surface area (Å²) in [6.07, 6.45) is 1.62. The summed E-state index contributed by atoms with van der Waals surface area (Å²) in [4.78, 5) is 2.12. The van der Waals surface area contributed by atoms with Crippen LogP contribution in [0.15, 0.2) is 34.5 Å². The molecule has 0 fully saturated rings. The van der Waals surface area contributed by atoms with E-state index in [1.165, 1.54) is 0 Å². The number of nitrogens with two attached hydrogens (primary N) is 2. The molecule has 0 aromatic heterocycles. The largest absolute Gasteiger partial charge is 0.369 e. The molecule has 0 aliphatic heterocycles. The summed E-state index contributed by atoms with van der Waals surface area (Å²) >= 11 is 11.6. The average Bonchev–Trinajstić information content (AvgIpc) is 2.52. The van der Waals surface area contributed by atoms with Gasteiger partial charge in [-0.15, -0.1) is 28.3 Å². The Labute approximate surface area is 133 Å². The maximum absolute atomic E-state index is 5.79. The van der Waals surface area contributed by atoms with E-state index in [4.69, 9.17) is 34.9 Å². The van der Waals surface area contributed by atoms with E-state index in [1.807, 2.05) is 24.3 Å². The van der Waals surface area contributed by atoms with Crippen molar-refractivity contribution in [1.82, 2.24) is 10.9 Å². The lowest BCUT2D eigenvalue weighted by molar-refractivity contribution is 0.874. The lowest BCUT2D eigenvalue weighted by atomic mass is 10.2. The lowest BCUT2D eigenvalue weighted by Gasteiger charge is -2.22. The maximum atomic E-state index is 5.79. The van der Waals surface area contributed by atoms with E-state index < -0.39 is 0 Å². The van der Waals surface area contributed by atoms with Gasteiger partial charge < -0.3 is 10.7 Å². The number of anilines is 1. The second-order valence-corrected chi connectivity index (χ2v) is 4.70. The minimum atomic E-state index is 0.165. The van der Waals surface area contributed by atoms with Crippen molar-refractivity contribution in [3.63, 3.8) is 0 Å². The first-order valence-electron chi connectivity index (χ1n) is 6.25. The Hall–Kier alpha value is -1.70. The van der Waals surface area contributed by atoms with Crippen LogP contribution >= 0.6 is 23.2 Å². The molecule has 6 N–H and O–H groups in total. The van der Waals surface area contributed by atoms with E-state index in [1.54, 1.807) is 6.21 Å². The SMILES string of the molecule is N/N=C(\NN)N/N=C/c1ccc(N(CCCl)CCCl)cc1. The number of nitrogens with one attached hydrogen (secondary N) is 2. The van der Waals surface area contributed by atoms with Gasteiger partial charge in [0.05, 0.1) is 6.21 Å². The average molecular weight is 332 g/mol. The van der Waals surface area contributed by atoms with E-state index >= 15 is 0 Å². The van der Waals surface area contributed by atoms with E-state index in [2.05, 4.69) is 26.0 Å². The normalized spacial score (nSPS) is 11.7. The van der Waals surface area contributed by atoms with E-state index in [-0.39, 0.29) is 5.96 Å². The first kappa shape index (κ1) is 17.4. The molecule has 0 bridgehead atoms. The fourth-order valence-electron chi connectivity index (χ4n) is 1.61. The van der Waals surface area contributed by atoms with Crippen molar-refractivity contribution in [1.29, 1.82) is 0 Å². The molecule has 1 rings (SSSR count). The number of hydrogen-bond donors (Lipinski definition) is 4. The highest BCUT2D eigenvalue weighted by Gasteiger charge is 2.04. The van der Waals surface area contributed by atoms with Gasteiger partial charge >= 0.3 is 0 Å². The molecule has 0 radical (unpaired) electrons. The summed E-state index contributed by atoms with van der Waals surface area (Å²) in [7, 11) is 0. The third-order valence-electron chi connectivity index (χ3n) is 2.62. The van der Waals surface area contributed by atoms with Crippen LogP contribution in [0, 0.1) is 0 Å². The highest BCUT2D eigenvalue weighted by molar-refractivity contribution is 6.18. The molecule has 0 saturated carbocycles. The van der Waals surface area contributed by atoms with Crippen molar-refractivity contribution < 1.29 is 0 Å². The molecule has 9 heteroatoms. The van der Waals surface area contributed by atoms with Crippen molar-refractivity contribution >= 4 is 41.1 Å². The fourth-order valence-corrected chi connectivity index (χ4v) is 2.02. The quantitative estimate of drug-likeness (QED) is 0.192. The zero-order chi connectivity index (χ0) is 15.5. The number of guanidine groups is 1. The summed E-state index contributed by atoms with van der Waals surface area (Å²) in [5, 5.41) is 7.29. The Bertz CT molecular complexity index is 455. The molecule has 0 spiro atoms. The molecular formula is C12H19Cl2N7. The number of hydrogen-bond acceptors (Lipinski definition) is 5. The molecule has 0 unspecified atom stereocenters. The number of rotatable bonds is 7. The van der Waals surface area contributed by atoms with E-state index in [0.29, 0.717) is 11.8 Å². The van der Waals surface area contributed by atoms with Gasteiger partial charge in [-0.2, -0.15) is 5.10 Å². The van der Waals surface area contributed by atoms with Crippen LogP contribution in [0.1, 0.15) is 5.56 Å².